The Morgan fingerprint density at radius 2 is 2.24 bits per heavy atom. The van der Waals surface area contributed by atoms with Crippen LogP contribution in [0.2, 0.25) is 0 Å². The molecule has 0 amide bonds. The van der Waals surface area contributed by atoms with E-state index in [2.05, 4.69) is 9.71 Å². The van der Waals surface area contributed by atoms with Gasteiger partial charge in [-0.3, -0.25) is 4.98 Å². The van der Waals surface area contributed by atoms with Gasteiger partial charge in [0.2, 0.25) is 10.0 Å². The molecule has 0 spiro atoms. The van der Waals surface area contributed by atoms with E-state index in [4.69, 9.17) is 0 Å². The fourth-order valence-corrected chi connectivity index (χ4v) is 3.41. The van der Waals surface area contributed by atoms with Crippen LogP contribution in [-0.2, 0) is 10.0 Å². The Morgan fingerprint density at radius 3 is 2.76 bits per heavy atom. The Hall–Kier alpha value is -0.940. The van der Waals surface area contributed by atoms with Gasteiger partial charge in [0.15, 0.2) is 0 Å². The van der Waals surface area contributed by atoms with Gasteiger partial charge in [0.25, 0.3) is 0 Å². The molecule has 1 aliphatic carbocycles. The predicted octanol–water partition coefficient (Wildman–Crippen LogP) is 1.92. The minimum Gasteiger partial charge on any atom is -0.260 e. The van der Waals surface area contributed by atoms with Gasteiger partial charge in [-0.05, 0) is 43.9 Å². The van der Waals surface area contributed by atoms with Crippen LogP contribution in [0.25, 0.3) is 0 Å². The molecule has 17 heavy (non-hydrogen) atoms. The lowest BCUT2D eigenvalue weighted by Crippen LogP contribution is -2.31. The van der Waals surface area contributed by atoms with Gasteiger partial charge in [0, 0.05) is 6.20 Å². The van der Waals surface area contributed by atoms with Gasteiger partial charge in [0.05, 0.1) is 17.0 Å². The number of rotatable bonds is 5. The van der Waals surface area contributed by atoms with Crippen LogP contribution in [0.15, 0.2) is 18.3 Å². The van der Waals surface area contributed by atoms with Gasteiger partial charge < -0.3 is 0 Å². The van der Waals surface area contributed by atoms with Crippen molar-refractivity contribution >= 4 is 10.0 Å². The van der Waals surface area contributed by atoms with E-state index in [1.807, 2.05) is 26.0 Å². The second-order valence-corrected chi connectivity index (χ2v) is 6.57. The average Bonchev–Trinajstić information content (AvgIpc) is 3.10. The van der Waals surface area contributed by atoms with Crippen LogP contribution in [0.4, 0.5) is 0 Å². The third-order valence-electron chi connectivity index (χ3n) is 2.97. The topological polar surface area (TPSA) is 59.1 Å². The molecule has 2 rings (SSSR count). The van der Waals surface area contributed by atoms with E-state index in [1.165, 1.54) is 0 Å². The van der Waals surface area contributed by atoms with E-state index in [1.54, 1.807) is 6.20 Å². The summed E-state index contributed by atoms with van der Waals surface area (Å²) in [6.07, 6.45) is 4.00. The fourth-order valence-electron chi connectivity index (χ4n) is 1.78. The molecule has 0 unspecified atom stereocenters. The summed E-state index contributed by atoms with van der Waals surface area (Å²) in [5.41, 5.74) is 1.90. The lowest BCUT2D eigenvalue weighted by atomic mass is 10.1. The van der Waals surface area contributed by atoms with E-state index in [0.717, 1.165) is 24.1 Å². The lowest BCUT2D eigenvalue weighted by molar-refractivity contribution is 0.543. The number of aryl methyl sites for hydroxylation is 1. The van der Waals surface area contributed by atoms with Gasteiger partial charge >= 0.3 is 0 Å². The highest BCUT2D eigenvalue weighted by atomic mass is 32.2. The predicted molar refractivity (Wildman–Crippen MR) is 67.1 cm³/mol. The molecule has 5 heteroatoms. The molecule has 1 atom stereocenters. The summed E-state index contributed by atoms with van der Waals surface area (Å²) >= 11 is 0. The van der Waals surface area contributed by atoms with Crippen molar-refractivity contribution in [2.24, 2.45) is 0 Å². The average molecular weight is 254 g/mol. The van der Waals surface area contributed by atoms with E-state index in [9.17, 15) is 8.42 Å². The number of sulfonamides is 1. The SMILES string of the molecule is CC[C@H](NS(=O)(=O)C1CC1)c1cc(C)ccn1. The first kappa shape index (κ1) is 12.5. The summed E-state index contributed by atoms with van der Waals surface area (Å²) in [5, 5.41) is -0.179. The molecule has 94 valence electrons. The standard InChI is InChI=1S/C12H18N2O2S/c1-3-11(12-8-9(2)6-7-13-12)14-17(15,16)10-4-5-10/h6-8,10-11,14H,3-5H2,1-2H3/t11-/m0/s1. The molecule has 1 heterocycles. The molecule has 0 bridgehead atoms. The van der Waals surface area contributed by atoms with E-state index >= 15 is 0 Å². The van der Waals surface area contributed by atoms with Crippen molar-refractivity contribution in [3.8, 4) is 0 Å². The molecular weight excluding hydrogens is 236 g/mol. The zero-order valence-corrected chi connectivity index (χ0v) is 11.0. The van der Waals surface area contributed by atoms with Crippen molar-refractivity contribution in [2.45, 2.75) is 44.4 Å². The molecule has 1 aromatic rings. The molecule has 1 aromatic heterocycles. The van der Waals surface area contributed by atoms with Gasteiger partial charge in [0.1, 0.15) is 0 Å². The zero-order valence-electron chi connectivity index (χ0n) is 10.2. The molecule has 1 fully saturated rings. The van der Waals surface area contributed by atoms with Gasteiger partial charge in [-0.1, -0.05) is 6.92 Å². The molecular formula is C12H18N2O2S. The van der Waals surface area contributed by atoms with Crippen molar-refractivity contribution in [2.75, 3.05) is 0 Å². The molecule has 0 radical (unpaired) electrons. The van der Waals surface area contributed by atoms with E-state index < -0.39 is 10.0 Å². The Morgan fingerprint density at radius 1 is 1.53 bits per heavy atom. The highest BCUT2D eigenvalue weighted by molar-refractivity contribution is 7.90. The van der Waals surface area contributed by atoms with Crippen LogP contribution in [0, 0.1) is 6.92 Å². The fraction of sp³-hybridized carbons (Fsp3) is 0.583. The smallest absolute Gasteiger partial charge is 0.215 e. The minimum absolute atomic E-state index is 0.179. The summed E-state index contributed by atoms with van der Waals surface area (Å²) in [6, 6.07) is 3.63. The van der Waals surface area contributed by atoms with Crippen LogP contribution in [-0.4, -0.2) is 18.7 Å². The van der Waals surface area contributed by atoms with Gasteiger partial charge in [-0.25, -0.2) is 13.1 Å². The summed E-state index contributed by atoms with van der Waals surface area (Å²) < 4.78 is 26.5. The second kappa shape index (κ2) is 4.74. The first-order chi connectivity index (χ1) is 8.03. The summed E-state index contributed by atoms with van der Waals surface area (Å²) in [6.45, 7) is 3.94. The monoisotopic (exact) mass is 254 g/mol. The van der Waals surface area contributed by atoms with Crippen LogP contribution in [0.5, 0.6) is 0 Å². The Bertz CT molecular complexity index is 495. The number of nitrogens with zero attached hydrogens (tertiary/aromatic N) is 1. The largest absolute Gasteiger partial charge is 0.260 e. The number of hydrogen-bond acceptors (Lipinski definition) is 3. The Labute approximate surface area is 103 Å². The lowest BCUT2D eigenvalue weighted by Gasteiger charge is -2.16. The molecule has 1 saturated carbocycles. The van der Waals surface area contributed by atoms with Crippen molar-refractivity contribution in [1.82, 2.24) is 9.71 Å². The Kier molecular flexibility index (Phi) is 3.49. The summed E-state index contributed by atoms with van der Waals surface area (Å²) in [4.78, 5) is 4.25. The molecule has 0 aliphatic heterocycles. The van der Waals surface area contributed by atoms with Crippen molar-refractivity contribution in [3.63, 3.8) is 0 Å². The molecule has 4 nitrogen and oxygen atoms in total. The van der Waals surface area contributed by atoms with Crippen LogP contribution < -0.4 is 4.72 Å². The normalized spacial score (nSPS) is 18.0. The highest BCUT2D eigenvalue weighted by Gasteiger charge is 2.37. The second-order valence-electron chi connectivity index (χ2n) is 4.58. The van der Waals surface area contributed by atoms with Crippen molar-refractivity contribution in [3.05, 3.63) is 29.6 Å². The third-order valence-corrected chi connectivity index (χ3v) is 4.93. The zero-order chi connectivity index (χ0) is 12.5. The molecule has 1 N–H and O–H groups in total. The summed E-state index contributed by atoms with van der Waals surface area (Å²) in [7, 11) is -3.15. The van der Waals surface area contributed by atoms with E-state index in [0.29, 0.717) is 6.42 Å². The first-order valence-corrected chi connectivity index (χ1v) is 7.51. The Balaban J connectivity index is 2.16. The highest BCUT2D eigenvalue weighted by Crippen LogP contribution is 2.29. The van der Waals surface area contributed by atoms with Crippen LogP contribution >= 0.6 is 0 Å². The van der Waals surface area contributed by atoms with E-state index in [-0.39, 0.29) is 11.3 Å². The number of aromatic nitrogens is 1. The maximum Gasteiger partial charge on any atom is 0.215 e. The van der Waals surface area contributed by atoms with Crippen molar-refractivity contribution in [1.29, 1.82) is 0 Å². The van der Waals surface area contributed by atoms with Crippen LogP contribution in [0.3, 0.4) is 0 Å². The minimum atomic E-state index is -3.15. The maximum absolute atomic E-state index is 11.9. The molecule has 0 saturated heterocycles. The number of nitrogens with one attached hydrogen (secondary N) is 1. The number of pyridine rings is 1. The van der Waals surface area contributed by atoms with Gasteiger partial charge in [-0.15, -0.1) is 0 Å². The molecule has 1 aliphatic rings. The molecule has 0 aromatic carbocycles. The quantitative estimate of drug-likeness (QED) is 0.873. The first-order valence-electron chi connectivity index (χ1n) is 5.96. The van der Waals surface area contributed by atoms with Crippen LogP contribution in [0.1, 0.15) is 43.5 Å². The third kappa shape index (κ3) is 3.04. The maximum atomic E-state index is 11.9. The van der Waals surface area contributed by atoms with Gasteiger partial charge in [-0.2, -0.15) is 0 Å². The summed E-state index contributed by atoms with van der Waals surface area (Å²) in [5.74, 6) is 0. The van der Waals surface area contributed by atoms with Crippen molar-refractivity contribution < 1.29 is 8.42 Å². The number of hydrogen-bond donors (Lipinski definition) is 1.